The van der Waals surface area contributed by atoms with Gasteiger partial charge in [-0.25, -0.2) is 4.79 Å². The van der Waals surface area contributed by atoms with Gasteiger partial charge >= 0.3 is 5.97 Å². The molecule has 4 heteroatoms. The lowest BCUT2D eigenvalue weighted by Crippen LogP contribution is -2.14. The third-order valence-electron chi connectivity index (χ3n) is 2.51. The molecule has 0 radical (unpaired) electrons. The van der Waals surface area contributed by atoms with Crippen molar-refractivity contribution in [2.24, 2.45) is 0 Å². The number of ether oxygens (including phenoxy) is 1. The van der Waals surface area contributed by atoms with Crippen LogP contribution in [0.2, 0.25) is 0 Å². The molecule has 0 spiro atoms. The van der Waals surface area contributed by atoms with Crippen molar-refractivity contribution in [2.45, 2.75) is 13.0 Å². The second-order valence-electron chi connectivity index (χ2n) is 3.64. The van der Waals surface area contributed by atoms with Gasteiger partial charge in [-0.2, -0.15) is 0 Å². The Kier molecular flexibility index (Phi) is 2.92. The first-order valence-electron chi connectivity index (χ1n) is 5.08. The fourth-order valence-corrected chi connectivity index (χ4v) is 1.72. The Hall–Kier alpha value is -1.81. The number of benzene rings is 1. The summed E-state index contributed by atoms with van der Waals surface area (Å²) in [7, 11) is 0. The van der Waals surface area contributed by atoms with Gasteiger partial charge in [-0.05, 0) is 19.1 Å². The predicted molar refractivity (Wildman–Crippen MR) is 60.1 cm³/mol. The van der Waals surface area contributed by atoms with Crippen LogP contribution in [0.15, 0.2) is 41.6 Å². The van der Waals surface area contributed by atoms with Crippen LogP contribution in [0.25, 0.3) is 0 Å². The average Bonchev–Trinajstić information content (AvgIpc) is 2.61. The van der Waals surface area contributed by atoms with Gasteiger partial charge in [0.05, 0.1) is 24.0 Å². The standard InChI is InChI=1S/C12H13NO3/c1-8-11(12(14)15)10(7-16-8)13-9-5-3-2-4-6-9/h2-6,8,13H,7H2,1H3,(H,14,15). The molecule has 0 bridgehead atoms. The molecule has 0 amide bonds. The number of hydrogen-bond acceptors (Lipinski definition) is 3. The molecule has 1 atom stereocenters. The summed E-state index contributed by atoms with van der Waals surface area (Å²) in [6.45, 7) is 2.06. The normalized spacial score (nSPS) is 19.9. The molecule has 1 aliphatic heterocycles. The summed E-state index contributed by atoms with van der Waals surface area (Å²) in [6, 6.07) is 9.46. The molecule has 0 aromatic heterocycles. The van der Waals surface area contributed by atoms with E-state index in [1.807, 2.05) is 30.3 Å². The van der Waals surface area contributed by atoms with Crippen molar-refractivity contribution < 1.29 is 14.6 Å². The van der Waals surface area contributed by atoms with Crippen molar-refractivity contribution >= 4 is 11.7 Å². The maximum atomic E-state index is 11.0. The van der Waals surface area contributed by atoms with Crippen molar-refractivity contribution in [1.82, 2.24) is 0 Å². The first kappa shape index (κ1) is 10.7. The summed E-state index contributed by atoms with van der Waals surface area (Å²) in [4.78, 5) is 11.0. The molecular formula is C12H13NO3. The molecular weight excluding hydrogens is 206 g/mol. The van der Waals surface area contributed by atoms with E-state index in [2.05, 4.69) is 5.32 Å². The van der Waals surface area contributed by atoms with Crippen molar-refractivity contribution in [1.29, 1.82) is 0 Å². The highest BCUT2D eigenvalue weighted by Gasteiger charge is 2.28. The second-order valence-corrected chi connectivity index (χ2v) is 3.64. The molecule has 1 aromatic rings. The molecule has 0 saturated heterocycles. The molecule has 0 fully saturated rings. The van der Waals surface area contributed by atoms with Gasteiger partial charge in [-0.1, -0.05) is 18.2 Å². The van der Waals surface area contributed by atoms with Gasteiger partial charge in [0, 0.05) is 5.69 Å². The van der Waals surface area contributed by atoms with Crippen LogP contribution in [0.1, 0.15) is 6.92 Å². The number of rotatable bonds is 3. The Balaban J connectivity index is 2.24. The third-order valence-corrected chi connectivity index (χ3v) is 2.51. The average molecular weight is 219 g/mol. The lowest BCUT2D eigenvalue weighted by Gasteiger charge is -2.07. The van der Waals surface area contributed by atoms with Crippen LogP contribution in [0.5, 0.6) is 0 Å². The van der Waals surface area contributed by atoms with Gasteiger partial charge in [-0.15, -0.1) is 0 Å². The van der Waals surface area contributed by atoms with Crippen LogP contribution >= 0.6 is 0 Å². The minimum absolute atomic E-state index is 0.309. The summed E-state index contributed by atoms with van der Waals surface area (Å²) in [6.07, 6.45) is -0.358. The third kappa shape index (κ3) is 2.06. The molecule has 4 nitrogen and oxygen atoms in total. The fourth-order valence-electron chi connectivity index (χ4n) is 1.72. The molecule has 1 unspecified atom stereocenters. The molecule has 16 heavy (non-hydrogen) atoms. The first-order chi connectivity index (χ1) is 7.68. The van der Waals surface area contributed by atoms with Crippen LogP contribution in [-0.2, 0) is 9.53 Å². The second kappa shape index (κ2) is 4.37. The number of para-hydroxylation sites is 1. The van der Waals surface area contributed by atoms with Gasteiger partial charge in [0.15, 0.2) is 0 Å². The molecule has 1 aliphatic rings. The minimum atomic E-state index is -0.927. The Labute approximate surface area is 93.5 Å². The van der Waals surface area contributed by atoms with E-state index >= 15 is 0 Å². The van der Waals surface area contributed by atoms with Gasteiger partial charge in [0.1, 0.15) is 0 Å². The van der Waals surface area contributed by atoms with Gasteiger partial charge < -0.3 is 15.2 Å². The Morgan fingerprint density at radius 1 is 1.44 bits per heavy atom. The molecule has 1 heterocycles. The fraction of sp³-hybridized carbons (Fsp3) is 0.250. The maximum Gasteiger partial charge on any atom is 0.336 e. The zero-order chi connectivity index (χ0) is 11.5. The lowest BCUT2D eigenvalue weighted by atomic mass is 10.1. The summed E-state index contributed by atoms with van der Waals surface area (Å²) in [5.41, 5.74) is 1.81. The van der Waals surface area contributed by atoms with Crippen molar-refractivity contribution in [2.75, 3.05) is 11.9 Å². The van der Waals surface area contributed by atoms with E-state index in [4.69, 9.17) is 9.84 Å². The van der Waals surface area contributed by atoms with Gasteiger partial charge in [0.2, 0.25) is 0 Å². The molecule has 2 N–H and O–H groups in total. The van der Waals surface area contributed by atoms with E-state index in [1.165, 1.54) is 0 Å². The molecule has 0 aliphatic carbocycles. The van der Waals surface area contributed by atoms with Gasteiger partial charge in [-0.3, -0.25) is 0 Å². The van der Waals surface area contributed by atoms with Crippen molar-refractivity contribution in [3.8, 4) is 0 Å². The quantitative estimate of drug-likeness (QED) is 0.814. The summed E-state index contributed by atoms with van der Waals surface area (Å²) in [5, 5.41) is 12.1. The molecule has 0 saturated carbocycles. The van der Waals surface area contributed by atoms with E-state index in [1.54, 1.807) is 6.92 Å². The Morgan fingerprint density at radius 2 is 2.12 bits per heavy atom. The smallest absolute Gasteiger partial charge is 0.336 e. The van der Waals surface area contributed by atoms with Crippen LogP contribution in [0.3, 0.4) is 0 Å². The molecule has 2 rings (SSSR count). The SMILES string of the molecule is CC1OCC(Nc2ccccc2)=C1C(=O)O. The number of aliphatic carboxylic acids is 1. The van der Waals surface area contributed by atoms with E-state index in [9.17, 15) is 4.79 Å². The van der Waals surface area contributed by atoms with Gasteiger partial charge in [0.25, 0.3) is 0 Å². The number of carboxylic acid groups (broad SMARTS) is 1. The lowest BCUT2D eigenvalue weighted by molar-refractivity contribution is -0.133. The topological polar surface area (TPSA) is 58.6 Å². The first-order valence-corrected chi connectivity index (χ1v) is 5.08. The Morgan fingerprint density at radius 3 is 2.75 bits per heavy atom. The summed E-state index contributed by atoms with van der Waals surface area (Å²) < 4.78 is 5.29. The van der Waals surface area contributed by atoms with Crippen LogP contribution < -0.4 is 5.32 Å². The zero-order valence-corrected chi connectivity index (χ0v) is 8.93. The Bertz CT molecular complexity index is 425. The maximum absolute atomic E-state index is 11.0. The minimum Gasteiger partial charge on any atom is -0.478 e. The predicted octanol–water partition coefficient (Wildman–Crippen LogP) is 1.86. The number of nitrogens with one attached hydrogen (secondary N) is 1. The van der Waals surface area contributed by atoms with Crippen LogP contribution in [-0.4, -0.2) is 23.8 Å². The number of carboxylic acids is 1. The highest BCUT2D eigenvalue weighted by atomic mass is 16.5. The number of anilines is 1. The van der Waals surface area contributed by atoms with E-state index in [-0.39, 0.29) is 6.10 Å². The van der Waals surface area contributed by atoms with Crippen molar-refractivity contribution in [3.63, 3.8) is 0 Å². The van der Waals surface area contributed by atoms with Crippen LogP contribution in [0, 0.1) is 0 Å². The zero-order valence-electron chi connectivity index (χ0n) is 8.93. The number of carbonyl (C=O) groups is 1. The molecule has 84 valence electrons. The highest BCUT2D eigenvalue weighted by molar-refractivity contribution is 5.90. The largest absolute Gasteiger partial charge is 0.478 e. The van der Waals surface area contributed by atoms with E-state index in [0.717, 1.165) is 5.69 Å². The monoisotopic (exact) mass is 219 g/mol. The van der Waals surface area contributed by atoms with E-state index in [0.29, 0.717) is 17.9 Å². The molecule has 1 aromatic carbocycles. The summed E-state index contributed by atoms with van der Waals surface area (Å²) >= 11 is 0. The number of hydrogen-bond donors (Lipinski definition) is 2. The van der Waals surface area contributed by atoms with Crippen LogP contribution in [0.4, 0.5) is 5.69 Å². The highest BCUT2D eigenvalue weighted by Crippen LogP contribution is 2.23. The summed E-state index contributed by atoms with van der Waals surface area (Å²) in [5.74, 6) is -0.927. The van der Waals surface area contributed by atoms with Crippen molar-refractivity contribution in [3.05, 3.63) is 41.6 Å². The van der Waals surface area contributed by atoms with E-state index < -0.39 is 5.97 Å².